The Morgan fingerprint density at radius 3 is 2.84 bits per heavy atom. The van der Waals surface area contributed by atoms with Gasteiger partial charge in [-0.1, -0.05) is 19.1 Å². The van der Waals surface area contributed by atoms with Crippen molar-refractivity contribution >= 4 is 22.7 Å². The number of fused-ring (bicyclic) bond motifs is 5. The summed E-state index contributed by atoms with van der Waals surface area (Å²) in [6.45, 7) is 3.48. The number of hydrogen-bond acceptors (Lipinski definition) is 6. The van der Waals surface area contributed by atoms with Crippen LogP contribution in [0.2, 0.25) is 0 Å². The maximum absolute atomic E-state index is 13.2. The van der Waals surface area contributed by atoms with Crippen LogP contribution in [0.15, 0.2) is 35.1 Å². The van der Waals surface area contributed by atoms with Gasteiger partial charge in [0.1, 0.15) is 12.4 Å². The Bertz CT molecular complexity index is 1340. The molecule has 158 valence electrons. The molecule has 4 heterocycles. The third-order valence-electron chi connectivity index (χ3n) is 6.39. The molecule has 7 nitrogen and oxygen atoms in total. The standard InChI is InChI=1S/C24H22N2O5/c1-3-24(30)18-10-20-21-15(11-26(20)22(28)17(18)12-31-23(24)29)9-16-14(8-7-13(2)27)5-4-6-19(16)25-21/h4-6,9-10,30H,3,7-8,11-12H2,1-2H3/t24-/m0/s1. The predicted molar refractivity (Wildman–Crippen MR) is 114 cm³/mol. The quantitative estimate of drug-likeness (QED) is 0.512. The van der Waals surface area contributed by atoms with Gasteiger partial charge < -0.3 is 19.2 Å². The molecule has 7 heteroatoms. The number of rotatable bonds is 4. The van der Waals surface area contributed by atoms with E-state index >= 15 is 0 Å². The second kappa shape index (κ2) is 6.85. The van der Waals surface area contributed by atoms with Crippen molar-refractivity contribution in [1.82, 2.24) is 9.55 Å². The average molecular weight is 418 g/mol. The van der Waals surface area contributed by atoms with Gasteiger partial charge in [-0.15, -0.1) is 0 Å². The first-order valence-electron chi connectivity index (χ1n) is 10.4. The lowest BCUT2D eigenvalue weighted by Crippen LogP contribution is -2.44. The van der Waals surface area contributed by atoms with Crippen LogP contribution >= 0.6 is 0 Å². The number of carbonyl (C=O) groups excluding carboxylic acids is 2. The highest BCUT2D eigenvalue weighted by molar-refractivity contribution is 5.88. The molecule has 1 N–H and O–H groups in total. The van der Waals surface area contributed by atoms with Crippen molar-refractivity contribution in [2.75, 3.05) is 0 Å². The van der Waals surface area contributed by atoms with Crippen molar-refractivity contribution < 1.29 is 19.4 Å². The van der Waals surface area contributed by atoms with Crippen LogP contribution in [0.25, 0.3) is 22.3 Å². The fraction of sp³-hybridized carbons (Fsp3) is 0.333. The molecule has 2 aliphatic rings. The molecule has 0 amide bonds. The van der Waals surface area contributed by atoms with Gasteiger partial charge in [0, 0.05) is 22.9 Å². The Morgan fingerprint density at radius 2 is 2.10 bits per heavy atom. The van der Waals surface area contributed by atoms with Crippen LogP contribution in [0.3, 0.4) is 0 Å². The Morgan fingerprint density at radius 1 is 1.29 bits per heavy atom. The highest BCUT2D eigenvalue weighted by Crippen LogP contribution is 2.38. The highest BCUT2D eigenvalue weighted by atomic mass is 16.6. The summed E-state index contributed by atoms with van der Waals surface area (Å²) in [5.41, 5.74) is 2.51. The number of aryl methyl sites for hydroxylation is 1. The largest absolute Gasteiger partial charge is 0.458 e. The van der Waals surface area contributed by atoms with Crippen molar-refractivity contribution in [1.29, 1.82) is 0 Å². The summed E-state index contributed by atoms with van der Waals surface area (Å²) in [4.78, 5) is 41.8. The molecule has 5 rings (SSSR count). The molecule has 3 aromatic rings. The van der Waals surface area contributed by atoms with E-state index in [1.165, 1.54) is 0 Å². The number of aromatic nitrogens is 2. The predicted octanol–water partition coefficient (Wildman–Crippen LogP) is 2.60. The van der Waals surface area contributed by atoms with Crippen molar-refractivity contribution in [2.24, 2.45) is 0 Å². The molecule has 0 radical (unpaired) electrons. The van der Waals surface area contributed by atoms with Crippen molar-refractivity contribution in [3.05, 3.63) is 62.9 Å². The maximum atomic E-state index is 13.2. The van der Waals surface area contributed by atoms with Crippen molar-refractivity contribution in [2.45, 2.75) is 51.9 Å². The lowest BCUT2D eigenvalue weighted by molar-refractivity contribution is -0.172. The number of nitrogens with zero attached hydrogens (tertiary/aromatic N) is 2. The summed E-state index contributed by atoms with van der Waals surface area (Å²) in [5, 5.41) is 11.9. The summed E-state index contributed by atoms with van der Waals surface area (Å²) >= 11 is 0. The summed E-state index contributed by atoms with van der Waals surface area (Å²) < 4.78 is 6.73. The van der Waals surface area contributed by atoms with Gasteiger partial charge in [0.05, 0.1) is 29.0 Å². The van der Waals surface area contributed by atoms with Gasteiger partial charge >= 0.3 is 5.97 Å². The van der Waals surface area contributed by atoms with Crippen molar-refractivity contribution in [3.8, 4) is 11.4 Å². The van der Waals surface area contributed by atoms with Crippen LogP contribution in [-0.4, -0.2) is 26.4 Å². The Labute approximate surface area is 178 Å². The van der Waals surface area contributed by atoms with E-state index in [1.807, 2.05) is 24.3 Å². The van der Waals surface area contributed by atoms with E-state index in [-0.39, 0.29) is 24.4 Å². The molecular weight excluding hydrogens is 396 g/mol. The highest BCUT2D eigenvalue weighted by Gasteiger charge is 2.45. The van der Waals surface area contributed by atoms with E-state index in [0.29, 0.717) is 41.9 Å². The Balaban J connectivity index is 1.69. The van der Waals surface area contributed by atoms with E-state index in [0.717, 1.165) is 22.0 Å². The van der Waals surface area contributed by atoms with Gasteiger partial charge in [0.2, 0.25) is 0 Å². The molecular formula is C24H22N2O5. The van der Waals surface area contributed by atoms with Crippen molar-refractivity contribution in [3.63, 3.8) is 0 Å². The van der Waals surface area contributed by atoms with Gasteiger partial charge in [-0.05, 0) is 43.5 Å². The molecule has 0 spiro atoms. The van der Waals surface area contributed by atoms with E-state index in [1.54, 1.807) is 24.5 Å². The number of esters is 1. The zero-order valence-electron chi connectivity index (χ0n) is 17.4. The lowest BCUT2D eigenvalue weighted by atomic mass is 9.86. The van der Waals surface area contributed by atoms with Gasteiger partial charge in [-0.2, -0.15) is 0 Å². The molecule has 0 saturated carbocycles. The first-order chi connectivity index (χ1) is 14.8. The fourth-order valence-corrected chi connectivity index (χ4v) is 4.59. The SMILES string of the molecule is CC[C@@]1(O)C(=O)OCc2c1cc1n(c2=O)Cc2cc3c(CCC(C)=O)cccc3nc2-1. The van der Waals surface area contributed by atoms with E-state index < -0.39 is 11.6 Å². The molecule has 0 bridgehead atoms. The molecule has 2 aromatic heterocycles. The Kier molecular flexibility index (Phi) is 4.34. The summed E-state index contributed by atoms with van der Waals surface area (Å²) in [7, 11) is 0. The van der Waals surface area contributed by atoms with E-state index in [9.17, 15) is 19.5 Å². The second-order valence-corrected chi connectivity index (χ2v) is 8.29. The van der Waals surface area contributed by atoms with Crippen LogP contribution in [0, 0.1) is 0 Å². The number of hydrogen-bond donors (Lipinski definition) is 1. The number of aliphatic hydroxyl groups is 1. The van der Waals surface area contributed by atoms with Crippen LogP contribution in [0.1, 0.15) is 48.9 Å². The normalized spacial score (nSPS) is 19.0. The molecule has 2 aliphatic heterocycles. The second-order valence-electron chi connectivity index (χ2n) is 8.29. The third-order valence-corrected chi connectivity index (χ3v) is 6.39. The topological polar surface area (TPSA) is 98.5 Å². The minimum atomic E-state index is -1.83. The average Bonchev–Trinajstić information content (AvgIpc) is 3.11. The first kappa shape index (κ1) is 19.6. The number of ketones is 1. The molecule has 0 unspecified atom stereocenters. The third kappa shape index (κ3) is 2.84. The molecule has 0 fully saturated rings. The fourth-order valence-electron chi connectivity index (χ4n) is 4.59. The van der Waals surface area contributed by atoms with E-state index in [4.69, 9.17) is 9.72 Å². The summed E-state index contributed by atoms with van der Waals surface area (Å²) in [6.07, 6.45) is 1.21. The zero-order valence-corrected chi connectivity index (χ0v) is 17.4. The number of benzene rings is 1. The Hall–Kier alpha value is -3.32. The maximum Gasteiger partial charge on any atom is 0.343 e. The minimum absolute atomic E-state index is 0.110. The van der Waals surface area contributed by atoms with Crippen LogP contribution in [0.5, 0.6) is 0 Å². The van der Waals surface area contributed by atoms with Gasteiger partial charge in [-0.3, -0.25) is 4.79 Å². The number of ether oxygens (including phenoxy) is 1. The smallest absolute Gasteiger partial charge is 0.343 e. The number of Topliss-reactive ketones (excluding diaryl/α,β-unsaturated/α-hetero) is 1. The van der Waals surface area contributed by atoms with E-state index in [2.05, 4.69) is 0 Å². The lowest BCUT2D eigenvalue weighted by Gasteiger charge is -2.31. The van der Waals surface area contributed by atoms with Gasteiger partial charge in [0.25, 0.3) is 5.56 Å². The molecule has 0 saturated heterocycles. The van der Waals surface area contributed by atoms with Crippen LogP contribution < -0.4 is 5.56 Å². The van der Waals surface area contributed by atoms with Crippen LogP contribution in [-0.2, 0) is 39.5 Å². The van der Waals surface area contributed by atoms with Gasteiger partial charge in [0.15, 0.2) is 5.60 Å². The molecule has 1 aromatic carbocycles. The first-order valence-corrected chi connectivity index (χ1v) is 10.4. The minimum Gasteiger partial charge on any atom is -0.458 e. The zero-order chi connectivity index (χ0) is 21.9. The number of cyclic esters (lactones) is 1. The number of carbonyl (C=O) groups is 2. The van der Waals surface area contributed by atoms with Crippen LogP contribution in [0.4, 0.5) is 0 Å². The molecule has 0 aliphatic carbocycles. The molecule has 1 atom stereocenters. The van der Waals surface area contributed by atoms with Gasteiger partial charge in [-0.25, -0.2) is 9.78 Å². The molecule has 31 heavy (non-hydrogen) atoms. The number of pyridine rings is 2. The summed E-state index contributed by atoms with van der Waals surface area (Å²) in [5.74, 6) is -0.595. The monoisotopic (exact) mass is 418 g/mol. The summed E-state index contributed by atoms with van der Waals surface area (Å²) in [6, 6.07) is 9.57.